The van der Waals surface area contributed by atoms with Crippen molar-refractivity contribution in [3.63, 3.8) is 0 Å². The summed E-state index contributed by atoms with van der Waals surface area (Å²) >= 11 is 9.85. The van der Waals surface area contributed by atoms with E-state index < -0.39 is 0 Å². The summed E-state index contributed by atoms with van der Waals surface area (Å²) in [4.78, 5) is 4.67. The summed E-state index contributed by atoms with van der Waals surface area (Å²) < 4.78 is 14.5. The van der Waals surface area contributed by atoms with E-state index >= 15 is 0 Å². The molecule has 0 N–H and O–H groups in total. The fraction of sp³-hybridized carbons (Fsp3) is 0.533. The molecule has 1 aliphatic rings. The molecule has 6 heteroatoms. The Morgan fingerprint density at radius 3 is 3.00 bits per heavy atom. The number of hydrogen-bond donors (Lipinski definition) is 0. The van der Waals surface area contributed by atoms with Gasteiger partial charge in [0.25, 0.3) is 0 Å². The molecule has 0 spiro atoms. The Bertz CT molecular complexity index is 650. The van der Waals surface area contributed by atoms with Gasteiger partial charge in [-0.2, -0.15) is 0 Å². The maximum absolute atomic E-state index is 6.33. The van der Waals surface area contributed by atoms with Crippen molar-refractivity contribution >= 4 is 38.6 Å². The standard InChI is InChI=1S/C15H18BrClN2O2/c1-10(17)14-18-12-4-3-11(16)7-13(12)19(14)8-15(20-2)5-6-21-9-15/h3-4,7,10H,5-6,8-9H2,1-2H3. The molecule has 0 bridgehead atoms. The quantitative estimate of drug-likeness (QED) is 0.763. The molecule has 2 atom stereocenters. The third-order valence-corrected chi connectivity index (χ3v) is 4.73. The molecule has 1 aliphatic heterocycles. The van der Waals surface area contributed by atoms with Crippen molar-refractivity contribution < 1.29 is 9.47 Å². The average Bonchev–Trinajstić information content (AvgIpc) is 3.05. The number of imidazole rings is 1. The maximum Gasteiger partial charge on any atom is 0.127 e. The minimum absolute atomic E-state index is 0.160. The average molecular weight is 374 g/mol. The van der Waals surface area contributed by atoms with Crippen LogP contribution in [0.1, 0.15) is 24.5 Å². The van der Waals surface area contributed by atoms with Crippen LogP contribution in [0.25, 0.3) is 11.0 Å². The highest BCUT2D eigenvalue weighted by Crippen LogP contribution is 2.31. The van der Waals surface area contributed by atoms with Crippen LogP contribution in [0, 0.1) is 0 Å². The third kappa shape index (κ3) is 2.84. The van der Waals surface area contributed by atoms with Gasteiger partial charge in [-0.3, -0.25) is 0 Å². The van der Waals surface area contributed by atoms with Crippen LogP contribution in [0.2, 0.25) is 0 Å². The topological polar surface area (TPSA) is 36.3 Å². The van der Waals surface area contributed by atoms with Gasteiger partial charge in [0.05, 0.1) is 29.6 Å². The number of alkyl halides is 1. The molecule has 0 saturated carbocycles. The van der Waals surface area contributed by atoms with Crippen LogP contribution < -0.4 is 0 Å². The zero-order chi connectivity index (χ0) is 15.0. The molecule has 21 heavy (non-hydrogen) atoms. The van der Waals surface area contributed by atoms with Crippen LogP contribution in [-0.4, -0.2) is 35.5 Å². The molecule has 0 aliphatic carbocycles. The van der Waals surface area contributed by atoms with E-state index in [4.69, 9.17) is 21.1 Å². The molecule has 1 aromatic heterocycles. The molecular weight excluding hydrogens is 356 g/mol. The number of rotatable bonds is 4. The number of methoxy groups -OCH3 is 1. The number of benzene rings is 1. The molecule has 4 nitrogen and oxygen atoms in total. The summed E-state index contributed by atoms with van der Waals surface area (Å²) in [5.74, 6) is 0.869. The van der Waals surface area contributed by atoms with Crippen molar-refractivity contribution in [3.8, 4) is 0 Å². The maximum atomic E-state index is 6.33. The van der Waals surface area contributed by atoms with E-state index in [0.717, 1.165) is 34.4 Å². The van der Waals surface area contributed by atoms with Crippen molar-refractivity contribution in [1.82, 2.24) is 9.55 Å². The second-order valence-corrected chi connectivity index (χ2v) is 7.07. The second-order valence-electron chi connectivity index (χ2n) is 5.49. The Morgan fingerprint density at radius 2 is 2.38 bits per heavy atom. The Balaban J connectivity index is 2.10. The lowest BCUT2D eigenvalue weighted by Crippen LogP contribution is -2.37. The van der Waals surface area contributed by atoms with Crippen molar-refractivity contribution in [1.29, 1.82) is 0 Å². The lowest BCUT2D eigenvalue weighted by Gasteiger charge is -2.27. The van der Waals surface area contributed by atoms with E-state index in [1.807, 2.05) is 19.1 Å². The monoisotopic (exact) mass is 372 g/mol. The molecule has 2 unspecified atom stereocenters. The fourth-order valence-electron chi connectivity index (χ4n) is 2.81. The lowest BCUT2D eigenvalue weighted by molar-refractivity contribution is -0.0292. The Morgan fingerprint density at radius 1 is 1.57 bits per heavy atom. The molecule has 0 amide bonds. The third-order valence-electron chi connectivity index (χ3n) is 4.04. The van der Waals surface area contributed by atoms with Crippen molar-refractivity contribution in [2.45, 2.75) is 30.9 Å². The van der Waals surface area contributed by atoms with E-state index in [-0.39, 0.29) is 11.0 Å². The second kappa shape index (κ2) is 5.88. The molecule has 1 saturated heterocycles. The van der Waals surface area contributed by atoms with Gasteiger partial charge in [-0.1, -0.05) is 15.9 Å². The van der Waals surface area contributed by atoms with Crippen molar-refractivity contribution in [2.75, 3.05) is 20.3 Å². The SMILES string of the molecule is COC1(Cn2c(C(C)Cl)nc3ccc(Br)cc32)CCOC1. The van der Waals surface area contributed by atoms with Crippen LogP contribution in [0.15, 0.2) is 22.7 Å². The number of hydrogen-bond acceptors (Lipinski definition) is 3. The van der Waals surface area contributed by atoms with Crippen LogP contribution in [0.4, 0.5) is 0 Å². The van der Waals surface area contributed by atoms with E-state index in [1.54, 1.807) is 7.11 Å². The van der Waals surface area contributed by atoms with Gasteiger partial charge in [0.15, 0.2) is 0 Å². The molecule has 2 aromatic rings. The van der Waals surface area contributed by atoms with Gasteiger partial charge in [-0.15, -0.1) is 11.6 Å². The summed E-state index contributed by atoms with van der Waals surface area (Å²) in [6.45, 7) is 3.98. The van der Waals surface area contributed by atoms with Gasteiger partial charge in [0.1, 0.15) is 11.4 Å². The number of halogens is 2. The van der Waals surface area contributed by atoms with Gasteiger partial charge in [0, 0.05) is 24.6 Å². The number of ether oxygens (including phenoxy) is 2. The van der Waals surface area contributed by atoms with Gasteiger partial charge >= 0.3 is 0 Å². The smallest absolute Gasteiger partial charge is 0.127 e. The van der Waals surface area contributed by atoms with E-state index in [0.29, 0.717) is 13.2 Å². The Labute approximate surface area is 137 Å². The highest BCUT2D eigenvalue weighted by molar-refractivity contribution is 9.10. The minimum atomic E-state index is -0.295. The predicted molar refractivity (Wildman–Crippen MR) is 86.9 cm³/mol. The fourth-order valence-corrected chi connectivity index (χ4v) is 3.33. The van der Waals surface area contributed by atoms with Crippen molar-refractivity contribution in [2.24, 2.45) is 0 Å². The molecule has 1 fully saturated rings. The van der Waals surface area contributed by atoms with E-state index in [1.165, 1.54) is 0 Å². The van der Waals surface area contributed by atoms with Crippen LogP contribution in [0.3, 0.4) is 0 Å². The minimum Gasteiger partial charge on any atom is -0.378 e. The van der Waals surface area contributed by atoms with E-state index in [2.05, 4.69) is 31.5 Å². The molecular formula is C15H18BrClN2O2. The number of nitrogens with zero attached hydrogens (tertiary/aromatic N) is 2. The molecule has 3 rings (SSSR count). The summed E-state index contributed by atoms with van der Waals surface area (Å²) in [6.07, 6.45) is 0.882. The summed E-state index contributed by atoms with van der Waals surface area (Å²) in [5, 5.41) is -0.160. The van der Waals surface area contributed by atoms with Crippen LogP contribution >= 0.6 is 27.5 Å². The molecule has 114 valence electrons. The normalized spacial score (nSPS) is 23.8. The first-order chi connectivity index (χ1) is 10.0. The summed E-state index contributed by atoms with van der Waals surface area (Å²) in [7, 11) is 1.74. The summed E-state index contributed by atoms with van der Waals surface area (Å²) in [5.41, 5.74) is 1.72. The van der Waals surface area contributed by atoms with Crippen LogP contribution in [0.5, 0.6) is 0 Å². The summed E-state index contributed by atoms with van der Waals surface area (Å²) in [6, 6.07) is 6.07. The zero-order valence-electron chi connectivity index (χ0n) is 12.1. The first kappa shape index (κ1) is 15.3. The lowest BCUT2D eigenvalue weighted by atomic mass is 10.0. The molecule has 2 heterocycles. The van der Waals surface area contributed by atoms with Gasteiger partial charge in [0.2, 0.25) is 0 Å². The molecule has 0 radical (unpaired) electrons. The predicted octanol–water partition coefficient (Wildman–Crippen LogP) is 3.90. The van der Waals surface area contributed by atoms with Gasteiger partial charge in [-0.05, 0) is 25.1 Å². The Hall–Kier alpha value is -0.620. The van der Waals surface area contributed by atoms with Gasteiger partial charge < -0.3 is 14.0 Å². The Kier molecular flexibility index (Phi) is 4.28. The van der Waals surface area contributed by atoms with Gasteiger partial charge in [-0.25, -0.2) is 4.98 Å². The van der Waals surface area contributed by atoms with Crippen molar-refractivity contribution in [3.05, 3.63) is 28.5 Å². The first-order valence-electron chi connectivity index (χ1n) is 6.97. The van der Waals surface area contributed by atoms with Crippen LogP contribution in [-0.2, 0) is 16.0 Å². The number of aromatic nitrogens is 2. The molecule has 1 aromatic carbocycles. The van der Waals surface area contributed by atoms with E-state index in [9.17, 15) is 0 Å². The highest BCUT2D eigenvalue weighted by atomic mass is 79.9. The number of fused-ring (bicyclic) bond motifs is 1. The highest BCUT2D eigenvalue weighted by Gasteiger charge is 2.36. The first-order valence-corrected chi connectivity index (χ1v) is 8.20. The zero-order valence-corrected chi connectivity index (χ0v) is 14.4. The largest absolute Gasteiger partial charge is 0.378 e.